The Labute approximate surface area is 232 Å². The van der Waals surface area contributed by atoms with E-state index in [2.05, 4.69) is 9.97 Å². The molecule has 1 aromatic carbocycles. The van der Waals surface area contributed by atoms with Crippen molar-refractivity contribution in [1.82, 2.24) is 19.8 Å². The molecule has 2 aliphatic rings. The standard InChI is InChI=1S/C26H33ClFN5O5S/c1-5-21-22-19(14-39(21,37)38)29-15-30-23(22)31-8-10-32(11-9-31)24(34)20(33(25(35)36)26(2,3)4)13-16-6-7-17(27)18(28)12-16/h6-7,12,15,20-21H,5,8-11,13-14H2,1-4H3,(H,35,36)/t20-,21?/m1/s1. The lowest BCUT2D eigenvalue weighted by Crippen LogP contribution is -2.60. The fourth-order valence-electron chi connectivity index (χ4n) is 5.46. The zero-order valence-electron chi connectivity index (χ0n) is 22.4. The maximum Gasteiger partial charge on any atom is 0.408 e. The van der Waals surface area contributed by atoms with Crippen LogP contribution in [0.1, 0.15) is 56.2 Å². The fraction of sp³-hybridized carbons (Fsp3) is 0.538. The van der Waals surface area contributed by atoms with Crippen LogP contribution in [0.15, 0.2) is 24.5 Å². The smallest absolute Gasteiger partial charge is 0.408 e. The molecule has 1 unspecified atom stereocenters. The van der Waals surface area contributed by atoms with Crippen LogP contribution in [0.4, 0.5) is 15.0 Å². The van der Waals surface area contributed by atoms with Crippen molar-refractivity contribution < 1.29 is 27.5 Å². The van der Waals surface area contributed by atoms with Crippen LogP contribution in [0.25, 0.3) is 0 Å². The van der Waals surface area contributed by atoms with E-state index in [4.69, 9.17) is 11.6 Å². The average molecular weight is 582 g/mol. The average Bonchev–Trinajstić information content (AvgIpc) is 3.13. The Kier molecular flexibility index (Phi) is 8.09. The highest BCUT2D eigenvalue weighted by Gasteiger charge is 2.42. The molecule has 2 aliphatic heterocycles. The number of nitrogens with zero attached hydrogens (tertiary/aromatic N) is 5. The van der Waals surface area contributed by atoms with E-state index in [1.54, 1.807) is 31.7 Å². The lowest BCUT2D eigenvalue weighted by atomic mass is 9.97. The molecule has 0 spiro atoms. The van der Waals surface area contributed by atoms with Crippen LogP contribution < -0.4 is 4.90 Å². The van der Waals surface area contributed by atoms with Crippen LogP contribution in [0.2, 0.25) is 5.02 Å². The quantitative estimate of drug-likeness (QED) is 0.548. The van der Waals surface area contributed by atoms with E-state index in [1.807, 2.05) is 11.8 Å². The number of piperazine rings is 1. The van der Waals surface area contributed by atoms with Gasteiger partial charge >= 0.3 is 6.09 Å². The van der Waals surface area contributed by atoms with Crippen molar-refractivity contribution in [3.05, 3.63) is 52.2 Å². The molecule has 0 bridgehead atoms. The summed E-state index contributed by atoms with van der Waals surface area (Å²) in [5, 5.41) is 9.34. The summed E-state index contributed by atoms with van der Waals surface area (Å²) in [6.07, 6.45) is 0.511. The summed E-state index contributed by atoms with van der Waals surface area (Å²) in [6, 6.07) is 3.10. The number of benzene rings is 1. The van der Waals surface area contributed by atoms with E-state index in [-0.39, 0.29) is 36.2 Å². The van der Waals surface area contributed by atoms with Gasteiger partial charge in [-0.2, -0.15) is 0 Å². The number of aromatic nitrogens is 2. The summed E-state index contributed by atoms with van der Waals surface area (Å²) in [5.41, 5.74) is 0.698. The number of hydrogen-bond acceptors (Lipinski definition) is 7. The predicted molar refractivity (Wildman–Crippen MR) is 145 cm³/mol. The summed E-state index contributed by atoms with van der Waals surface area (Å²) >= 11 is 5.82. The van der Waals surface area contributed by atoms with Crippen molar-refractivity contribution in [3.8, 4) is 0 Å². The van der Waals surface area contributed by atoms with Gasteiger partial charge in [-0.15, -0.1) is 0 Å². The zero-order valence-corrected chi connectivity index (χ0v) is 24.0. The second-order valence-corrected chi connectivity index (χ2v) is 13.5. The Hall–Kier alpha value is -2.99. The fourth-order valence-corrected chi connectivity index (χ4v) is 7.50. The number of carboxylic acid groups (broad SMARTS) is 1. The summed E-state index contributed by atoms with van der Waals surface area (Å²) in [4.78, 5) is 39.5. The lowest BCUT2D eigenvalue weighted by molar-refractivity contribution is -0.138. The number of anilines is 1. The summed E-state index contributed by atoms with van der Waals surface area (Å²) < 4.78 is 39.5. The third-order valence-corrected chi connectivity index (χ3v) is 9.66. The minimum Gasteiger partial charge on any atom is -0.465 e. The van der Waals surface area contributed by atoms with E-state index in [9.17, 15) is 27.5 Å². The first kappa shape index (κ1) is 29.0. The van der Waals surface area contributed by atoms with Crippen molar-refractivity contribution in [3.63, 3.8) is 0 Å². The number of hydrogen-bond donors (Lipinski definition) is 1. The van der Waals surface area contributed by atoms with Gasteiger partial charge in [-0.25, -0.2) is 27.6 Å². The Balaban J connectivity index is 1.57. The molecule has 10 nitrogen and oxygen atoms in total. The first-order valence-corrected chi connectivity index (χ1v) is 14.9. The lowest BCUT2D eigenvalue weighted by Gasteiger charge is -2.43. The van der Waals surface area contributed by atoms with Crippen molar-refractivity contribution in [1.29, 1.82) is 0 Å². The predicted octanol–water partition coefficient (Wildman–Crippen LogP) is 3.69. The molecule has 3 heterocycles. The third kappa shape index (κ3) is 5.81. The number of halogens is 2. The van der Waals surface area contributed by atoms with Crippen molar-refractivity contribution in [2.45, 2.75) is 63.1 Å². The summed E-state index contributed by atoms with van der Waals surface area (Å²) in [7, 11) is -3.35. The minimum atomic E-state index is -3.35. The highest BCUT2D eigenvalue weighted by atomic mass is 35.5. The molecule has 2 atom stereocenters. The Bertz CT molecular complexity index is 1380. The third-order valence-electron chi connectivity index (χ3n) is 7.24. The number of fused-ring (bicyclic) bond motifs is 1. The highest BCUT2D eigenvalue weighted by Crippen LogP contribution is 2.42. The monoisotopic (exact) mass is 581 g/mol. The molecule has 39 heavy (non-hydrogen) atoms. The van der Waals surface area contributed by atoms with E-state index in [0.717, 1.165) is 4.90 Å². The molecular weight excluding hydrogens is 549 g/mol. The molecule has 0 radical (unpaired) electrons. The largest absolute Gasteiger partial charge is 0.465 e. The van der Waals surface area contributed by atoms with Gasteiger partial charge in [-0.05, 0) is 44.9 Å². The summed E-state index contributed by atoms with van der Waals surface area (Å²) in [6.45, 7) is 8.27. The molecule has 2 amide bonds. The summed E-state index contributed by atoms with van der Waals surface area (Å²) in [5.74, 6) is -0.574. The zero-order chi connectivity index (χ0) is 28.7. The highest BCUT2D eigenvalue weighted by molar-refractivity contribution is 7.91. The SMILES string of the molecule is CCC1c2c(ncnc2N2CCN(C(=O)[C@@H](Cc3ccc(Cl)c(F)c3)N(C(=O)O)C(C)(C)C)CC2)CS1(=O)=O. The number of rotatable bonds is 6. The normalized spacial score (nSPS) is 19.5. The van der Waals surface area contributed by atoms with Crippen molar-refractivity contribution in [2.75, 3.05) is 31.1 Å². The molecule has 4 rings (SSSR count). The molecule has 0 saturated carbocycles. The van der Waals surface area contributed by atoms with Gasteiger partial charge in [-0.1, -0.05) is 24.6 Å². The topological polar surface area (TPSA) is 124 Å². The van der Waals surface area contributed by atoms with Crippen LogP contribution in [-0.2, 0) is 26.8 Å². The molecule has 1 saturated heterocycles. The maximum absolute atomic E-state index is 14.2. The second kappa shape index (κ2) is 10.9. The van der Waals surface area contributed by atoms with Crippen LogP contribution in [-0.4, -0.2) is 83.1 Å². The number of sulfone groups is 1. The van der Waals surface area contributed by atoms with Gasteiger partial charge in [0.2, 0.25) is 5.91 Å². The molecule has 13 heteroatoms. The Morgan fingerprint density at radius 3 is 2.44 bits per heavy atom. The molecule has 212 valence electrons. The molecule has 1 N–H and O–H groups in total. The van der Waals surface area contributed by atoms with E-state index in [1.165, 1.54) is 18.5 Å². The van der Waals surface area contributed by atoms with Crippen LogP contribution in [0.3, 0.4) is 0 Å². The number of carbonyl (C=O) groups excluding carboxylic acids is 1. The second-order valence-electron chi connectivity index (χ2n) is 10.9. The van der Waals surface area contributed by atoms with E-state index >= 15 is 0 Å². The van der Waals surface area contributed by atoms with Gasteiger partial charge in [0, 0.05) is 43.7 Å². The Morgan fingerprint density at radius 2 is 1.87 bits per heavy atom. The number of amides is 2. The van der Waals surface area contributed by atoms with Gasteiger partial charge in [0.25, 0.3) is 0 Å². The van der Waals surface area contributed by atoms with E-state index < -0.39 is 38.6 Å². The molecular formula is C26H33ClFN5O5S. The van der Waals surface area contributed by atoms with Crippen LogP contribution >= 0.6 is 11.6 Å². The van der Waals surface area contributed by atoms with Crippen molar-refractivity contribution >= 4 is 39.3 Å². The first-order chi connectivity index (χ1) is 18.2. The van der Waals surface area contributed by atoms with Gasteiger partial charge in [0.15, 0.2) is 9.84 Å². The minimum absolute atomic E-state index is 0.0217. The van der Waals surface area contributed by atoms with Crippen LogP contribution in [0, 0.1) is 5.82 Å². The molecule has 1 aromatic heterocycles. The first-order valence-electron chi connectivity index (χ1n) is 12.8. The van der Waals surface area contributed by atoms with Gasteiger partial charge in [0.1, 0.15) is 24.0 Å². The van der Waals surface area contributed by atoms with Gasteiger partial charge in [0.05, 0.1) is 21.7 Å². The molecule has 2 aromatic rings. The van der Waals surface area contributed by atoms with Crippen molar-refractivity contribution in [2.24, 2.45) is 0 Å². The van der Waals surface area contributed by atoms with Gasteiger partial charge in [-0.3, -0.25) is 9.69 Å². The van der Waals surface area contributed by atoms with Gasteiger partial charge < -0.3 is 14.9 Å². The number of carbonyl (C=O) groups is 2. The maximum atomic E-state index is 14.2. The van der Waals surface area contributed by atoms with E-state index in [0.29, 0.717) is 42.1 Å². The Morgan fingerprint density at radius 1 is 1.21 bits per heavy atom. The van der Waals surface area contributed by atoms with Crippen LogP contribution in [0.5, 0.6) is 0 Å². The molecule has 1 fully saturated rings. The molecule has 0 aliphatic carbocycles.